The van der Waals surface area contributed by atoms with Crippen LogP contribution >= 0.6 is 0 Å². The Morgan fingerprint density at radius 1 is 1.22 bits per heavy atom. The van der Waals surface area contributed by atoms with Gasteiger partial charge in [0.15, 0.2) is 0 Å². The van der Waals surface area contributed by atoms with Crippen molar-refractivity contribution < 1.29 is 8.42 Å². The van der Waals surface area contributed by atoms with E-state index in [1.807, 2.05) is 11.0 Å². The van der Waals surface area contributed by atoms with Crippen LogP contribution in [0.5, 0.6) is 0 Å². The first kappa shape index (κ1) is 12.0. The maximum absolute atomic E-state index is 11.5. The lowest BCUT2D eigenvalue weighted by Crippen LogP contribution is -2.69. The zero-order valence-corrected chi connectivity index (χ0v) is 10.9. The van der Waals surface area contributed by atoms with E-state index in [0.29, 0.717) is 24.7 Å². The first-order chi connectivity index (χ1) is 8.40. The largest absolute Gasteiger partial charge is 0.367 e. The number of sulfonamides is 1. The minimum atomic E-state index is -3.68. The number of hydrogen-bond donors (Lipinski definition) is 2. The van der Waals surface area contributed by atoms with Gasteiger partial charge in [0.2, 0.25) is 10.0 Å². The van der Waals surface area contributed by atoms with E-state index in [-0.39, 0.29) is 10.4 Å². The van der Waals surface area contributed by atoms with E-state index < -0.39 is 10.0 Å². The second-order valence-corrected chi connectivity index (χ2v) is 6.91. The summed E-state index contributed by atoms with van der Waals surface area (Å²) in [6, 6.07) is 6.82. The molecule has 1 aromatic carbocycles. The molecule has 2 aliphatic rings. The summed E-state index contributed by atoms with van der Waals surface area (Å²) >= 11 is 0. The number of primary sulfonamides is 1. The molecule has 0 spiro atoms. The van der Waals surface area contributed by atoms with Crippen LogP contribution in [0.2, 0.25) is 0 Å². The van der Waals surface area contributed by atoms with Crippen LogP contribution in [0.1, 0.15) is 12.8 Å². The van der Waals surface area contributed by atoms with Gasteiger partial charge in [-0.2, -0.15) is 0 Å². The molecular weight excluding hydrogens is 250 g/mol. The SMILES string of the molecule is NC1(C2CC2)CN(c2ccccc2S(N)(=O)=O)C1. The van der Waals surface area contributed by atoms with Crippen LogP contribution in [0.15, 0.2) is 29.2 Å². The molecule has 98 valence electrons. The van der Waals surface area contributed by atoms with Crippen LogP contribution in [0.25, 0.3) is 0 Å². The van der Waals surface area contributed by atoms with E-state index in [2.05, 4.69) is 0 Å². The number of nitrogens with two attached hydrogens (primary N) is 2. The molecule has 0 aromatic heterocycles. The summed E-state index contributed by atoms with van der Waals surface area (Å²) in [6.07, 6.45) is 2.39. The van der Waals surface area contributed by atoms with Crippen LogP contribution in [0.3, 0.4) is 0 Å². The van der Waals surface area contributed by atoms with Gasteiger partial charge in [-0.1, -0.05) is 12.1 Å². The number of rotatable bonds is 3. The summed E-state index contributed by atoms with van der Waals surface area (Å²) in [5.74, 6) is 0.607. The van der Waals surface area contributed by atoms with E-state index in [0.717, 1.165) is 0 Å². The minimum absolute atomic E-state index is 0.133. The Morgan fingerprint density at radius 2 is 1.83 bits per heavy atom. The van der Waals surface area contributed by atoms with Crippen molar-refractivity contribution in [2.75, 3.05) is 18.0 Å². The zero-order chi connectivity index (χ0) is 13.0. The molecule has 2 fully saturated rings. The number of benzene rings is 1. The van der Waals surface area contributed by atoms with Gasteiger partial charge in [0.25, 0.3) is 0 Å². The lowest BCUT2D eigenvalue weighted by molar-refractivity contribution is 0.290. The van der Waals surface area contributed by atoms with E-state index >= 15 is 0 Å². The first-order valence-corrected chi connectivity index (χ1v) is 7.60. The maximum Gasteiger partial charge on any atom is 0.240 e. The van der Waals surface area contributed by atoms with E-state index in [9.17, 15) is 8.42 Å². The first-order valence-electron chi connectivity index (χ1n) is 6.06. The number of nitrogens with zero attached hydrogens (tertiary/aromatic N) is 1. The molecule has 1 aliphatic heterocycles. The highest BCUT2D eigenvalue weighted by Crippen LogP contribution is 2.44. The number of hydrogen-bond acceptors (Lipinski definition) is 4. The van der Waals surface area contributed by atoms with Crippen LogP contribution in [-0.4, -0.2) is 27.0 Å². The molecule has 0 radical (unpaired) electrons. The van der Waals surface area contributed by atoms with Crippen LogP contribution < -0.4 is 15.8 Å². The topological polar surface area (TPSA) is 89.4 Å². The highest BCUT2D eigenvalue weighted by Gasteiger charge is 2.50. The average Bonchev–Trinajstić information content (AvgIpc) is 3.07. The summed E-state index contributed by atoms with van der Waals surface area (Å²) in [7, 11) is -3.68. The molecule has 4 N–H and O–H groups in total. The van der Waals surface area contributed by atoms with Gasteiger partial charge in [0.1, 0.15) is 4.90 Å². The van der Waals surface area contributed by atoms with Gasteiger partial charge in [0.05, 0.1) is 11.2 Å². The molecule has 0 amide bonds. The third-order valence-electron chi connectivity index (χ3n) is 3.87. The average molecular weight is 267 g/mol. The van der Waals surface area contributed by atoms with E-state index in [1.54, 1.807) is 12.1 Å². The molecule has 1 aromatic rings. The Kier molecular flexibility index (Phi) is 2.45. The lowest BCUT2D eigenvalue weighted by atomic mass is 9.85. The van der Waals surface area contributed by atoms with Gasteiger partial charge >= 0.3 is 0 Å². The van der Waals surface area contributed by atoms with Gasteiger partial charge in [-0.05, 0) is 30.9 Å². The fraction of sp³-hybridized carbons (Fsp3) is 0.500. The van der Waals surface area contributed by atoms with Crippen molar-refractivity contribution in [1.82, 2.24) is 0 Å². The highest BCUT2D eigenvalue weighted by atomic mass is 32.2. The zero-order valence-electron chi connectivity index (χ0n) is 10.0. The van der Waals surface area contributed by atoms with Gasteiger partial charge < -0.3 is 10.6 Å². The molecule has 18 heavy (non-hydrogen) atoms. The molecule has 5 nitrogen and oxygen atoms in total. The number of anilines is 1. The molecule has 0 atom stereocenters. The molecule has 0 bridgehead atoms. The third kappa shape index (κ3) is 1.90. The van der Waals surface area contributed by atoms with Crippen molar-refractivity contribution in [2.45, 2.75) is 23.3 Å². The summed E-state index contributed by atoms with van der Waals surface area (Å²) in [4.78, 5) is 2.18. The van der Waals surface area contributed by atoms with Gasteiger partial charge in [-0.3, -0.25) is 0 Å². The van der Waals surface area contributed by atoms with Crippen molar-refractivity contribution in [1.29, 1.82) is 0 Å². The standard InChI is InChI=1S/C12H17N3O2S/c13-12(9-5-6-9)7-15(8-12)10-3-1-2-4-11(10)18(14,16)17/h1-4,9H,5-8,13H2,(H2,14,16,17). The normalized spacial score (nSPS) is 22.7. The smallest absolute Gasteiger partial charge is 0.240 e. The quantitative estimate of drug-likeness (QED) is 0.822. The summed E-state index contributed by atoms with van der Waals surface area (Å²) in [6.45, 7) is 1.42. The predicted molar refractivity (Wildman–Crippen MR) is 69.7 cm³/mol. The molecule has 6 heteroatoms. The second kappa shape index (κ2) is 3.69. The van der Waals surface area contributed by atoms with Crippen LogP contribution in [0, 0.1) is 5.92 Å². The van der Waals surface area contributed by atoms with Crippen molar-refractivity contribution in [3.05, 3.63) is 24.3 Å². The monoisotopic (exact) mass is 267 g/mol. The summed E-state index contributed by atoms with van der Waals surface area (Å²) in [5, 5.41) is 5.23. The Bertz CT molecular complexity index is 575. The van der Waals surface area contributed by atoms with Gasteiger partial charge in [0, 0.05) is 13.1 Å². The van der Waals surface area contributed by atoms with Gasteiger partial charge in [-0.15, -0.1) is 0 Å². The lowest BCUT2D eigenvalue weighted by Gasteiger charge is -2.50. The fourth-order valence-electron chi connectivity index (χ4n) is 2.71. The van der Waals surface area contributed by atoms with Crippen LogP contribution in [-0.2, 0) is 10.0 Å². The van der Waals surface area contributed by atoms with Crippen molar-refractivity contribution in [3.8, 4) is 0 Å². The Hall–Kier alpha value is -1.11. The molecule has 1 saturated carbocycles. The molecule has 1 saturated heterocycles. The fourth-order valence-corrected chi connectivity index (χ4v) is 3.47. The molecule has 0 unspecified atom stereocenters. The highest BCUT2D eigenvalue weighted by molar-refractivity contribution is 7.89. The van der Waals surface area contributed by atoms with Gasteiger partial charge in [-0.25, -0.2) is 13.6 Å². The summed E-state index contributed by atoms with van der Waals surface area (Å²) in [5.41, 5.74) is 6.81. The molecular formula is C12H17N3O2S. The Morgan fingerprint density at radius 3 is 2.39 bits per heavy atom. The minimum Gasteiger partial charge on any atom is -0.367 e. The predicted octanol–water partition coefficient (Wildman–Crippen LogP) is 0.262. The Balaban J connectivity index is 1.86. The van der Waals surface area contributed by atoms with Crippen molar-refractivity contribution >= 4 is 15.7 Å². The van der Waals surface area contributed by atoms with Crippen LogP contribution in [0.4, 0.5) is 5.69 Å². The summed E-state index contributed by atoms with van der Waals surface area (Å²) < 4.78 is 23.1. The molecule has 1 aliphatic carbocycles. The van der Waals surface area contributed by atoms with Crippen molar-refractivity contribution in [3.63, 3.8) is 0 Å². The second-order valence-electron chi connectivity index (χ2n) is 5.38. The Labute approximate surface area is 107 Å². The molecule has 1 heterocycles. The maximum atomic E-state index is 11.5. The third-order valence-corrected chi connectivity index (χ3v) is 4.83. The molecule has 3 rings (SSSR count). The number of para-hydroxylation sites is 1. The van der Waals surface area contributed by atoms with Crippen molar-refractivity contribution in [2.24, 2.45) is 16.8 Å². The van der Waals surface area contributed by atoms with E-state index in [4.69, 9.17) is 10.9 Å². The van der Waals surface area contributed by atoms with E-state index in [1.165, 1.54) is 18.9 Å².